The standard InChI is InChI=1S/C27H34N4O8S/c1-13-21-20(14(2)32)25(34)30(21)22(27(36)39-26(35)15-5-7-17(8-6-15)31(37)38)24(13)40-18-9-19(29(4)12-18)23(33)16-10-28(3)11-16/h5-8,13-14,16,18-21,23,32-33H,9-12H2,1-4H3/t13-,14?,18?,19+,20?,21?,23?/m1/s1. The first-order valence-electron chi connectivity index (χ1n) is 13.4. The van der Waals surface area contributed by atoms with E-state index < -0.39 is 46.9 Å². The summed E-state index contributed by atoms with van der Waals surface area (Å²) in [7, 11) is 3.99. The van der Waals surface area contributed by atoms with Crippen LogP contribution in [0, 0.1) is 27.9 Å². The first kappa shape index (κ1) is 28.7. The lowest BCUT2D eigenvalue weighted by Gasteiger charge is -2.46. The van der Waals surface area contributed by atoms with Crippen LogP contribution in [0.2, 0.25) is 0 Å². The third kappa shape index (κ3) is 4.94. The number of benzene rings is 1. The molecule has 0 radical (unpaired) electrons. The Hall–Kier alpha value is -2.84. The normalized spacial score (nSPS) is 30.5. The highest BCUT2D eigenvalue weighted by atomic mass is 32.2. The highest BCUT2D eigenvalue weighted by Crippen LogP contribution is 2.52. The van der Waals surface area contributed by atoms with Crippen molar-refractivity contribution in [1.82, 2.24) is 14.7 Å². The quantitative estimate of drug-likeness (QED) is 0.151. The fourth-order valence-electron chi connectivity index (χ4n) is 6.50. The van der Waals surface area contributed by atoms with E-state index >= 15 is 0 Å². The fraction of sp³-hybridized carbons (Fsp3) is 0.593. The van der Waals surface area contributed by atoms with Gasteiger partial charge in [-0.2, -0.15) is 0 Å². The number of likely N-dealkylation sites (N-methyl/N-ethyl adjacent to an activating group) is 1. The maximum atomic E-state index is 13.4. The minimum absolute atomic E-state index is 0.00642. The van der Waals surface area contributed by atoms with E-state index in [0.717, 1.165) is 25.2 Å². The van der Waals surface area contributed by atoms with Crippen LogP contribution in [0.25, 0.3) is 0 Å². The van der Waals surface area contributed by atoms with E-state index in [1.807, 2.05) is 21.0 Å². The molecule has 3 saturated heterocycles. The smallest absolute Gasteiger partial charge is 0.363 e. The Kier molecular flexibility index (Phi) is 7.79. The van der Waals surface area contributed by atoms with Gasteiger partial charge in [-0.1, -0.05) is 6.92 Å². The number of fused-ring (bicyclic) bond motifs is 1. The van der Waals surface area contributed by atoms with E-state index in [2.05, 4.69) is 9.80 Å². The number of likely N-dealkylation sites (tertiary alicyclic amines) is 2. The number of hydrogen-bond donors (Lipinski definition) is 2. The summed E-state index contributed by atoms with van der Waals surface area (Å²) in [6.45, 7) is 5.82. The van der Waals surface area contributed by atoms with Crippen LogP contribution in [-0.4, -0.2) is 111 Å². The van der Waals surface area contributed by atoms with Gasteiger partial charge in [0.05, 0.1) is 34.7 Å². The molecule has 0 spiro atoms. The SMILES string of the molecule is CC(O)C1C(=O)N2C(C(=O)OC(=O)c3ccc([N+](=O)[O-])cc3)=C(SC3C[C@@H](C(O)C4CN(C)C4)N(C)C3)[C@H](C)C12. The number of aliphatic hydroxyl groups is 2. The van der Waals surface area contributed by atoms with Gasteiger partial charge in [0.25, 0.3) is 5.69 Å². The zero-order chi connectivity index (χ0) is 29.0. The minimum Gasteiger partial charge on any atom is -0.393 e. The van der Waals surface area contributed by atoms with Crippen molar-refractivity contribution in [3.8, 4) is 0 Å². The molecule has 2 N–H and O–H groups in total. The van der Waals surface area contributed by atoms with Crippen molar-refractivity contribution >= 4 is 35.3 Å². The summed E-state index contributed by atoms with van der Waals surface area (Å²) in [6, 6.07) is 4.23. The van der Waals surface area contributed by atoms with E-state index in [0.29, 0.717) is 17.9 Å². The highest BCUT2D eigenvalue weighted by molar-refractivity contribution is 8.03. The number of carbonyl (C=O) groups is 3. The Balaban J connectivity index is 1.36. The molecule has 5 unspecified atom stereocenters. The van der Waals surface area contributed by atoms with Crippen molar-refractivity contribution in [1.29, 1.82) is 0 Å². The predicted molar refractivity (Wildman–Crippen MR) is 145 cm³/mol. The maximum absolute atomic E-state index is 13.4. The number of rotatable bonds is 8. The number of amides is 1. The number of nitro groups is 1. The molecule has 7 atom stereocenters. The lowest BCUT2D eigenvalue weighted by Crippen LogP contribution is -2.63. The molecule has 40 heavy (non-hydrogen) atoms. The first-order valence-corrected chi connectivity index (χ1v) is 14.3. The number of carbonyl (C=O) groups excluding carboxylic acids is 3. The molecule has 1 aromatic rings. The molecule has 0 aromatic heterocycles. The maximum Gasteiger partial charge on any atom is 0.363 e. The Morgan fingerprint density at radius 3 is 2.35 bits per heavy atom. The number of nitrogens with zero attached hydrogens (tertiary/aromatic N) is 4. The molecule has 1 aromatic carbocycles. The third-order valence-electron chi connectivity index (χ3n) is 8.63. The van der Waals surface area contributed by atoms with E-state index in [-0.39, 0.29) is 40.1 Å². The van der Waals surface area contributed by atoms with Gasteiger partial charge in [0.1, 0.15) is 5.70 Å². The zero-order valence-corrected chi connectivity index (χ0v) is 23.6. The Bertz CT molecular complexity index is 1250. The molecule has 0 bridgehead atoms. The number of esters is 2. The molecule has 0 saturated carbocycles. The van der Waals surface area contributed by atoms with Crippen LogP contribution >= 0.6 is 11.8 Å². The van der Waals surface area contributed by atoms with Gasteiger partial charge < -0.3 is 24.7 Å². The molecule has 13 heteroatoms. The van der Waals surface area contributed by atoms with E-state index in [1.54, 1.807) is 6.92 Å². The van der Waals surface area contributed by atoms with Gasteiger partial charge in [-0.15, -0.1) is 11.8 Å². The molecule has 4 aliphatic heterocycles. The van der Waals surface area contributed by atoms with E-state index in [1.165, 1.54) is 28.8 Å². The van der Waals surface area contributed by atoms with Crippen LogP contribution in [0.5, 0.6) is 0 Å². The van der Waals surface area contributed by atoms with Crippen molar-refractivity contribution in [3.63, 3.8) is 0 Å². The van der Waals surface area contributed by atoms with Crippen LogP contribution in [0.3, 0.4) is 0 Å². The topological polar surface area (TPSA) is 154 Å². The largest absolute Gasteiger partial charge is 0.393 e. The molecule has 1 amide bonds. The van der Waals surface area contributed by atoms with Crippen LogP contribution < -0.4 is 0 Å². The number of nitro benzene ring substituents is 1. The first-order chi connectivity index (χ1) is 18.9. The second-order valence-corrected chi connectivity index (χ2v) is 12.7. The van der Waals surface area contributed by atoms with Gasteiger partial charge in [-0.3, -0.25) is 19.8 Å². The van der Waals surface area contributed by atoms with Gasteiger partial charge in [-0.05, 0) is 39.6 Å². The number of non-ortho nitro benzene ring substituents is 1. The van der Waals surface area contributed by atoms with Gasteiger partial charge >= 0.3 is 11.9 Å². The molecule has 12 nitrogen and oxygen atoms in total. The summed E-state index contributed by atoms with van der Waals surface area (Å²) in [6.07, 6.45) is -0.676. The van der Waals surface area contributed by atoms with Gasteiger partial charge in [0.2, 0.25) is 5.91 Å². The second kappa shape index (κ2) is 10.9. The molecule has 4 aliphatic rings. The average molecular weight is 575 g/mol. The molecule has 4 heterocycles. The number of aliphatic hydroxyl groups excluding tert-OH is 2. The molecular formula is C27H34N4O8S. The van der Waals surface area contributed by atoms with Crippen LogP contribution in [0.15, 0.2) is 34.9 Å². The summed E-state index contributed by atoms with van der Waals surface area (Å²) in [5, 5.41) is 32.2. The number of ether oxygens (including phenoxy) is 1. The Morgan fingerprint density at radius 1 is 1.12 bits per heavy atom. The summed E-state index contributed by atoms with van der Waals surface area (Å²) in [5.74, 6) is -3.08. The summed E-state index contributed by atoms with van der Waals surface area (Å²) < 4.78 is 5.17. The Morgan fingerprint density at radius 2 is 1.77 bits per heavy atom. The zero-order valence-electron chi connectivity index (χ0n) is 22.8. The van der Waals surface area contributed by atoms with Crippen molar-refractivity contribution in [2.24, 2.45) is 17.8 Å². The molecule has 0 aliphatic carbocycles. The number of hydrogen-bond acceptors (Lipinski definition) is 11. The molecular weight excluding hydrogens is 540 g/mol. The van der Waals surface area contributed by atoms with Gasteiger partial charge in [0, 0.05) is 59.8 Å². The van der Waals surface area contributed by atoms with Crippen molar-refractivity contribution in [3.05, 3.63) is 50.5 Å². The van der Waals surface area contributed by atoms with Gasteiger partial charge in [0.15, 0.2) is 0 Å². The minimum atomic E-state index is -0.984. The highest BCUT2D eigenvalue weighted by Gasteiger charge is 2.60. The van der Waals surface area contributed by atoms with Crippen molar-refractivity contribution < 1.29 is 34.3 Å². The summed E-state index contributed by atoms with van der Waals surface area (Å²) in [4.78, 5) is 55.8. The Labute approximate surface area is 236 Å². The lowest BCUT2D eigenvalue weighted by atomic mass is 9.79. The molecule has 5 rings (SSSR count). The van der Waals surface area contributed by atoms with Crippen molar-refractivity contribution in [2.75, 3.05) is 33.7 Å². The lowest BCUT2D eigenvalue weighted by molar-refractivity contribution is -0.384. The monoisotopic (exact) mass is 574 g/mol. The molecule has 3 fully saturated rings. The fourth-order valence-corrected chi connectivity index (χ4v) is 8.11. The summed E-state index contributed by atoms with van der Waals surface area (Å²) in [5.41, 5.74) is -0.239. The number of thioether (sulfide) groups is 1. The van der Waals surface area contributed by atoms with Crippen LogP contribution in [0.4, 0.5) is 5.69 Å². The van der Waals surface area contributed by atoms with E-state index in [9.17, 15) is 34.7 Å². The van der Waals surface area contributed by atoms with Crippen LogP contribution in [-0.2, 0) is 14.3 Å². The van der Waals surface area contributed by atoms with Crippen molar-refractivity contribution in [2.45, 2.75) is 49.8 Å². The van der Waals surface area contributed by atoms with Gasteiger partial charge in [-0.25, -0.2) is 9.59 Å². The second-order valence-electron chi connectivity index (χ2n) is 11.4. The predicted octanol–water partition coefficient (Wildman–Crippen LogP) is 1.08. The average Bonchev–Trinajstić information content (AvgIpc) is 3.36. The summed E-state index contributed by atoms with van der Waals surface area (Å²) >= 11 is 1.47. The molecule has 216 valence electrons. The van der Waals surface area contributed by atoms with Crippen LogP contribution in [0.1, 0.15) is 30.6 Å². The third-order valence-corrected chi connectivity index (χ3v) is 10.1. The van der Waals surface area contributed by atoms with E-state index in [4.69, 9.17) is 4.74 Å². The number of β-lactam (4-membered cyclic amide) rings is 1.